The second-order valence-corrected chi connectivity index (χ2v) is 1.92. The van der Waals surface area contributed by atoms with Crippen molar-refractivity contribution in [3.63, 3.8) is 0 Å². The molecule has 0 atom stereocenters. The summed E-state index contributed by atoms with van der Waals surface area (Å²) in [6, 6.07) is 0.438. The number of nitrogens with zero attached hydrogens (tertiary/aromatic N) is 2. The average molecular weight is 167 g/mol. The lowest BCUT2D eigenvalue weighted by molar-refractivity contribution is 0.744. The van der Waals surface area contributed by atoms with E-state index in [0.717, 1.165) is 5.56 Å². The summed E-state index contributed by atoms with van der Waals surface area (Å²) >= 11 is 5.44. The van der Waals surface area contributed by atoms with E-state index in [0.29, 0.717) is 6.00 Å². The van der Waals surface area contributed by atoms with Crippen molar-refractivity contribution in [3.8, 4) is 0 Å². The van der Waals surface area contributed by atoms with Crippen LogP contribution in [0, 0.1) is 6.92 Å². The van der Waals surface area contributed by atoms with Gasteiger partial charge in [-0.3, -0.25) is 4.68 Å². The molecule has 1 aromatic heterocycles. The van der Waals surface area contributed by atoms with Gasteiger partial charge in [-0.15, -0.1) is 24.0 Å². The predicted molar refractivity (Wildman–Crippen MR) is 40.1 cm³/mol. The van der Waals surface area contributed by atoms with Gasteiger partial charge in [-0.2, -0.15) is 5.10 Å². The van der Waals surface area contributed by atoms with Gasteiger partial charge >= 0.3 is 0 Å². The summed E-state index contributed by atoms with van der Waals surface area (Å²) < 4.78 is 1.68. The molecule has 0 saturated heterocycles. The molecule has 0 aliphatic carbocycles. The highest BCUT2D eigenvalue weighted by molar-refractivity contribution is 6.15. The van der Waals surface area contributed by atoms with Crippen LogP contribution in [0.25, 0.3) is 0 Å². The molecular weight excluding hydrogens is 159 g/mol. The quantitative estimate of drug-likeness (QED) is 0.583. The van der Waals surface area contributed by atoms with E-state index in [1.54, 1.807) is 10.9 Å². The third-order valence-electron chi connectivity index (χ3n) is 0.885. The molecule has 2 nitrogen and oxygen atoms in total. The van der Waals surface area contributed by atoms with E-state index in [9.17, 15) is 0 Å². The highest BCUT2D eigenvalue weighted by atomic mass is 35.5. The van der Waals surface area contributed by atoms with Gasteiger partial charge in [0.15, 0.2) is 0 Å². The minimum Gasteiger partial charge on any atom is -0.258 e. The molecule has 0 bridgehead atoms. The minimum absolute atomic E-state index is 0. The zero-order valence-electron chi connectivity index (χ0n) is 5.04. The van der Waals surface area contributed by atoms with Gasteiger partial charge in [0.05, 0.1) is 6.20 Å². The van der Waals surface area contributed by atoms with Crippen LogP contribution in [0.3, 0.4) is 0 Å². The fraction of sp³-hybridized carbons (Fsp3) is 0.400. The molecule has 0 N–H and O–H groups in total. The maximum Gasteiger partial charge on any atom is 0.115 e. The SMILES string of the molecule is Cc1cnn(CCl)c1.Cl. The standard InChI is InChI=1S/C5H7ClN2.ClH/c1-5-2-7-8(3-5)4-6;/h2-3H,4H2,1H3;1H. The van der Waals surface area contributed by atoms with Gasteiger partial charge in [-0.25, -0.2) is 0 Å². The van der Waals surface area contributed by atoms with E-state index in [1.165, 1.54) is 0 Å². The number of alkyl halides is 1. The molecule has 0 saturated carbocycles. The van der Waals surface area contributed by atoms with E-state index in [2.05, 4.69) is 5.10 Å². The van der Waals surface area contributed by atoms with Crippen LogP contribution in [-0.2, 0) is 6.00 Å². The van der Waals surface area contributed by atoms with Crippen LogP contribution in [0.15, 0.2) is 12.4 Å². The number of hydrogen-bond donors (Lipinski definition) is 0. The normalized spacial score (nSPS) is 8.67. The van der Waals surface area contributed by atoms with Crippen molar-refractivity contribution in [1.29, 1.82) is 0 Å². The summed E-state index contributed by atoms with van der Waals surface area (Å²) in [5.74, 6) is 0. The summed E-state index contributed by atoms with van der Waals surface area (Å²) in [6.45, 7) is 1.98. The molecule has 0 unspecified atom stereocenters. The Bertz CT molecular complexity index is 173. The highest BCUT2D eigenvalue weighted by Gasteiger charge is 1.87. The van der Waals surface area contributed by atoms with E-state index >= 15 is 0 Å². The van der Waals surface area contributed by atoms with Crippen LogP contribution >= 0.6 is 24.0 Å². The minimum atomic E-state index is 0. The second kappa shape index (κ2) is 3.75. The topological polar surface area (TPSA) is 17.8 Å². The molecular formula is C5H8Cl2N2. The summed E-state index contributed by atoms with van der Waals surface area (Å²) in [7, 11) is 0. The maximum absolute atomic E-state index is 5.44. The molecule has 0 fully saturated rings. The molecule has 9 heavy (non-hydrogen) atoms. The fourth-order valence-corrected chi connectivity index (χ4v) is 0.663. The predicted octanol–water partition coefficient (Wildman–Crippen LogP) is 1.81. The second-order valence-electron chi connectivity index (χ2n) is 1.68. The van der Waals surface area contributed by atoms with Gasteiger partial charge in [0, 0.05) is 6.20 Å². The van der Waals surface area contributed by atoms with Crippen molar-refractivity contribution in [2.24, 2.45) is 0 Å². The maximum atomic E-state index is 5.44. The van der Waals surface area contributed by atoms with Crippen LogP contribution in [0.4, 0.5) is 0 Å². The van der Waals surface area contributed by atoms with Crippen molar-refractivity contribution >= 4 is 24.0 Å². The summed E-state index contributed by atoms with van der Waals surface area (Å²) in [4.78, 5) is 0. The van der Waals surface area contributed by atoms with Crippen molar-refractivity contribution in [2.75, 3.05) is 0 Å². The molecule has 1 rings (SSSR count). The first kappa shape index (κ1) is 8.79. The Balaban J connectivity index is 0.000000640. The summed E-state index contributed by atoms with van der Waals surface area (Å²) in [5, 5.41) is 3.92. The molecule has 1 heterocycles. The smallest absolute Gasteiger partial charge is 0.115 e. The van der Waals surface area contributed by atoms with Crippen molar-refractivity contribution in [2.45, 2.75) is 12.9 Å². The zero-order chi connectivity index (χ0) is 5.98. The first-order chi connectivity index (χ1) is 3.83. The molecule has 1 aromatic rings. The number of rotatable bonds is 1. The Kier molecular flexibility index (Phi) is 3.66. The van der Waals surface area contributed by atoms with E-state index < -0.39 is 0 Å². The lowest BCUT2D eigenvalue weighted by atomic mass is 10.4. The molecule has 0 aromatic carbocycles. The zero-order valence-corrected chi connectivity index (χ0v) is 6.61. The van der Waals surface area contributed by atoms with Gasteiger partial charge < -0.3 is 0 Å². The van der Waals surface area contributed by atoms with Gasteiger partial charge in [-0.1, -0.05) is 0 Å². The largest absolute Gasteiger partial charge is 0.258 e. The van der Waals surface area contributed by atoms with Crippen molar-refractivity contribution in [3.05, 3.63) is 18.0 Å². The Morgan fingerprint density at radius 3 is 2.67 bits per heavy atom. The Hall–Kier alpha value is -0.210. The Morgan fingerprint density at radius 1 is 1.78 bits per heavy atom. The summed E-state index contributed by atoms with van der Waals surface area (Å²) in [6.07, 6.45) is 3.68. The van der Waals surface area contributed by atoms with Crippen molar-refractivity contribution < 1.29 is 0 Å². The third kappa shape index (κ3) is 2.24. The number of halogens is 2. The average Bonchev–Trinajstić information content (AvgIpc) is 2.14. The third-order valence-corrected chi connectivity index (χ3v) is 1.13. The Morgan fingerprint density at radius 2 is 2.44 bits per heavy atom. The van der Waals surface area contributed by atoms with E-state index in [-0.39, 0.29) is 12.4 Å². The lowest BCUT2D eigenvalue weighted by Crippen LogP contribution is -1.89. The summed E-state index contributed by atoms with van der Waals surface area (Å²) in [5.41, 5.74) is 1.14. The van der Waals surface area contributed by atoms with Gasteiger partial charge in [0.25, 0.3) is 0 Å². The van der Waals surface area contributed by atoms with Crippen LogP contribution in [-0.4, -0.2) is 9.78 Å². The first-order valence-electron chi connectivity index (χ1n) is 2.38. The van der Waals surface area contributed by atoms with Gasteiger partial charge in [0.1, 0.15) is 6.00 Å². The lowest BCUT2D eigenvalue weighted by Gasteiger charge is -1.86. The number of hydrogen-bond acceptors (Lipinski definition) is 1. The Labute approximate surface area is 65.2 Å². The number of aryl methyl sites for hydroxylation is 1. The number of aromatic nitrogens is 2. The molecule has 0 spiro atoms. The van der Waals surface area contributed by atoms with Crippen LogP contribution in [0.1, 0.15) is 5.56 Å². The molecule has 0 aliphatic rings. The molecule has 4 heteroatoms. The van der Waals surface area contributed by atoms with Crippen LogP contribution in [0.5, 0.6) is 0 Å². The van der Waals surface area contributed by atoms with Crippen molar-refractivity contribution in [1.82, 2.24) is 9.78 Å². The molecule has 0 amide bonds. The van der Waals surface area contributed by atoms with Gasteiger partial charge in [0.2, 0.25) is 0 Å². The monoisotopic (exact) mass is 166 g/mol. The fourth-order valence-electron chi connectivity index (χ4n) is 0.532. The van der Waals surface area contributed by atoms with Crippen LogP contribution in [0.2, 0.25) is 0 Å². The van der Waals surface area contributed by atoms with Crippen LogP contribution < -0.4 is 0 Å². The molecule has 52 valence electrons. The molecule has 0 radical (unpaired) electrons. The van der Waals surface area contributed by atoms with Gasteiger partial charge in [-0.05, 0) is 12.5 Å². The first-order valence-corrected chi connectivity index (χ1v) is 2.91. The van der Waals surface area contributed by atoms with E-state index in [4.69, 9.17) is 11.6 Å². The van der Waals surface area contributed by atoms with E-state index in [1.807, 2.05) is 13.1 Å². The highest BCUT2D eigenvalue weighted by Crippen LogP contribution is 1.94. The molecule has 0 aliphatic heterocycles.